The number of carboxylic acid groups (broad SMARTS) is 1. The number of thioether (sulfide) groups is 1. The van der Waals surface area contributed by atoms with Gasteiger partial charge in [-0.25, -0.2) is 9.78 Å². The summed E-state index contributed by atoms with van der Waals surface area (Å²) in [6.07, 6.45) is 1.08. The summed E-state index contributed by atoms with van der Waals surface area (Å²) >= 11 is 2.47. The van der Waals surface area contributed by atoms with E-state index in [4.69, 9.17) is 20.0 Å². The standard InChI is InChI=1S/C15H17N5O6S2.C9H16O4/c1-25-3-6-4-27-13-9(12(22)20(13)10(6)14(23)24)18-11(21)8(19-26-2)7-5-28-15(16)17-7;1-3-8(10)13-9(11)6-5-7-12-4-2/h5,9,13H,3-4H2,1-2H3,(H2,16,17)(H,18,21)(H,23,24);3-7H2,1-2H3/b19-8+;/t9-,13-;/m1./s1. The minimum Gasteiger partial charge on any atom is -0.477 e. The molecule has 1 fully saturated rings. The van der Waals surface area contributed by atoms with Crippen LogP contribution in [0.25, 0.3) is 0 Å². The first-order chi connectivity index (χ1) is 19.6. The molecule has 41 heavy (non-hydrogen) atoms. The van der Waals surface area contributed by atoms with Crippen molar-refractivity contribution in [2.75, 3.05) is 45.5 Å². The Labute approximate surface area is 244 Å². The molecule has 0 spiro atoms. The molecule has 1 aromatic heterocycles. The number of rotatable bonds is 13. The van der Waals surface area contributed by atoms with Gasteiger partial charge in [-0.2, -0.15) is 0 Å². The minimum absolute atomic E-state index is 0.0980. The van der Waals surface area contributed by atoms with Crippen LogP contribution in [0.5, 0.6) is 0 Å². The molecule has 226 valence electrons. The maximum atomic E-state index is 12.6. The number of carboxylic acids is 1. The van der Waals surface area contributed by atoms with Crippen molar-refractivity contribution >= 4 is 63.7 Å². The van der Waals surface area contributed by atoms with Gasteiger partial charge >= 0.3 is 17.9 Å². The number of esters is 2. The highest BCUT2D eigenvalue weighted by molar-refractivity contribution is 8.00. The van der Waals surface area contributed by atoms with Gasteiger partial charge in [-0.15, -0.1) is 23.1 Å². The highest BCUT2D eigenvalue weighted by atomic mass is 32.2. The monoisotopic (exact) mass is 615 g/mol. The van der Waals surface area contributed by atoms with Gasteiger partial charge in [-0.05, 0) is 18.9 Å². The SMILES string of the molecule is CCOCCCC(=O)OC(=O)CC.COCC1=C(C(=O)O)N2C(=O)[C@@H](NC(=O)/C(=N/OC)c3csc(N)n3)[C@H]2SC1. The van der Waals surface area contributed by atoms with Gasteiger partial charge in [-0.3, -0.25) is 24.1 Å². The highest BCUT2D eigenvalue weighted by Crippen LogP contribution is 2.40. The van der Waals surface area contributed by atoms with E-state index in [0.717, 1.165) is 11.3 Å². The summed E-state index contributed by atoms with van der Waals surface area (Å²) in [6, 6.07) is -0.894. The van der Waals surface area contributed by atoms with Crippen molar-refractivity contribution in [2.45, 2.75) is 44.5 Å². The zero-order valence-electron chi connectivity index (χ0n) is 23.0. The molecule has 1 aromatic rings. The number of fused-ring (bicyclic) bond motifs is 1. The lowest BCUT2D eigenvalue weighted by Crippen LogP contribution is -2.71. The Bertz CT molecular complexity index is 1190. The molecular weight excluding hydrogens is 582 g/mol. The van der Waals surface area contributed by atoms with Gasteiger partial charge in [0.2, 0.25) is 0 Å². The Balaban J connectivity index is 0.000000383. The molecule has 3 heterocycles. The van der Waals surface area contributed by atoms with Crippen LogP contribution in [0.2, 0.25) is 0 Å². The minimum atomic E-state index is -1.21. The number of nitrogens with two attached hydrogens (primary N) is 1. The normalized spacial score (nSPS) is 18.0. The van der Waals surface area contributed by atoms with Crippen molar-refractivity contribution in [3.63, 3.8) is 0 Å². The fourth-order valence-corrected chi connectivity index (χ4v) is 5.46. The Morgan fingerprint density at radius 1 is 1.24 bits per heavy atom. The van der Waals surface area contributed by atoms with Crippen molar-refractivity contribution in [2.24, 2.45) is 5.16 Å². The molecule has 0 saturated carbocycles. The molecule has 0 radical (unpaired) electrons. The van der Waals surface area contributed by atoms with Crippen molar-refractivity contribution in [3.8, 4) is 0 Å². The number of nitrogens with zero attached hydrogens (tertiary/aromatic N) is 3. The number of oxime groups is 1. The quantitative estimate of drug-likeness (QED) is 0.0699. The van der Waals surface area contributed by atoms with Gasteiger partial charge in [0.25, 0.3) is 11.8 Å². The Hall–Kier alpha value is -3.54. The van der Waals surface area contributed by atoms with Gasteiger partial charge in [0.15, 0.2) is 10.8 Å². The van der Waals surface area contributed by atoms with Crippen molar-refractivity contribution in [1.82, 2.24) is 15.2 Å². The van der Waals surface area contributed by atoms with Crippen LogP contribution in [0.3, 0.4) is 0 Å². The number of thiazole rings is 1. The maximum Gasteiger partial charge on any atom is 0.352 e. The average molecular weight is 616 g/mol. The first-order valence-corrected chi connectivity index (χ1v) is 14.4. The van der Waals surface area contributed by atoms with E-state index >= 15 is 0 Å². The maximum absolute atomic E-state index is 12.6. The number of methoxy groups -OCH3 is 1. The van der Waals surface area contributed by atoms with Gasteiger partial charge in [0.05, 0.1) is 6.61 Å². The largest absolute Gasteiger partial charge is 0.477 e. The van der Waals surface area contributed by atoms with Crippen LogP contribution < -0.4 is 11.1 Å². The van der Waals surface area contributed by atoms with Gasteiger partial charge in [0.1, 0.15) is 29.9 Å². The Morgan fingerprint density at radius 2 is 1.98 bits per heavy atom. The van der Waals surface area contributed by atoms with E-state index < -0.39 is 41.1 Å². The van der Waals surface area contributed by atoms with Crippen LogP contribution in [0.1, 0.15) is 38.8 Å². The zero-order chi connectivity index (χ0) is 30.5. The second-order valence-electron chi connectivity index (χ2n) is 8.24. The number of amides is 2. The van der Waals surface area contributed by atoms with E-state index in [-0.39, 0.29) is 41.7 Å². The smallest absolute Gasteiger partial charge is 0.352 e. The Kier molecular flexibility index (Phi) is 13.7. The van der Waals surface area contributed by atoms with Crippen LogP contribution in [0.4, 0.5) is 5.13 Å². The molecule has 2 atom stereocenters. The summed E-state index contributed by atoms with van der Waals surface area (Å²) in [6.45, 7) is 4.82. The third kappa shape index (κ3) is 9.24. The molecule has 1 saturated heterocycles. The van der Waals surface area contributed by atoms with E-state index in [1.165, 1.54) is 30.9 Å². The molecule has 0 aromatic carbocycles. The fraction of sp³-hybridized carbons (Fsp3) is 0.542. The predicted octanol–water partition coefficient (Wildman–Crippen LogP) is 0.744. The molecule has 2 aliphatic rings. The Morgan fingerprint density at radius 3 is 2.54 bits per heavy atom. The molecule has 0 unspecified atom stereocenters. The number of hydrogen-bond acceptors (Lipinski definition) is 14. The van der Waals surface area contributed by atoms with Crippen LogP contribution in [-0.2, 0) is 43.0 Å². The highest BCUT2D eigenvalue weighted by Gasteiger charge is 2.54. The molecule has 0 aliphatic carbocycles. The van der Waals surface area contributed by atoms with E-state index in [2.05, 4.69) is 20.2 Å². The van der Waals surface area contributed by atoms with Gasteiger partial charge < -0.3 is 35.2 Å². The number of ether oxygens (including phenoxy) is 3. The number of hydrogen-bond donors (Lipinski definition) is 3. The van der Waals surface area contributed by atoms with E-state index in [0.29, 0.717) is 31.0 Å². The molecule has 2 aliphatic heterocycles. The number of aromatic nitrogens is 1. The number of carbonyl (C=O) groups is 5. The molecule has 2 amide bonds. The molecule has 0 bridgehead atoms. The number of aliphatic carboxylic acids is 1. The third-order valence-corrected chi connectivity index (χ3v) is 7.42. The summed E-state index contributed by atoms with van der Waals surface area (Å²) < 4.78 is 14.5. The summed E-state index contributed by atoms with van der Waals surface area (Å²) in [5.41, 5.74) is 6.09. The number of carbonyl (C=O) groups excluding carboxylic acids is 4. The van der Waals surface area contributed by atoms with E-state index in [9.17, 15) is 29.1 Å². The molecule has 17 heteroatoms. The summed E-state index contributed by atoms with van der Waals surface area (Å²) in [4.78, 5) is 68.2. The van der Waals surface area contributed by atoms with E-state index in [1.807, 2.05) is 6.92 Å². The molecule has 4 N–H and O–H groups in total. The van der Waals surface area contributed by atoms with Crippen LogP contribution in [0.15, 0.2) is 21.8 Å². The third-order valence-electron chi connectivity index (χ3n) is 5.41. The van der Waals surface area contributed by atoms with Gasteiger partial charge in [0, 0.05) is 44.3 Å². The zero-order valence-corrected chi connectivity index (χ0v) is 24.7. The van der Waals surface area contributed by atoms with Crippen LogP contribution >= 0.6 is 23.1 Å². The lowest BCUT2D eigenvalue weighted by molar-refractivity contribution is -0.159. The average Bonchev–Trinajstić information content (AvgIpc) is 3.38. The lowest BCUT2D eigenvalue weighted by atomic mass is 10.0. The first-order valence-electron chi connectivity index (χ1n) is 12.4. The van der Waals surface area contributed by atoms with E-state index in [1.54, 1.807) is 12.3 Å². The first kappa shape index (κ1) is 33.7. The van der Waals surface area contributed by atoms with Crippen molar-refractivity contribution in [3.05, 3.63) is 22.3 Å². The van der Waals surface area contributed by atoms with Crippen LogP contribution in [-0.4, -0.2) is 102 Å². The molecular formula is C24H33N5O10S2. The number of nitrogens with one attached hydrogen (secondary N) is 1. The number of β-lactam (4-membered cyclic amide) rings is 1. The van der Waals surface area contributed by atoms with Crippen molar-refractivity contribution < 1.29 is 48.1 Å². The molecule has 3 rings (SSSR count). The number of nitrogen functional groups attached to an aromatic ring is 1. The molecule has 15 nitrogen and oxygen atoms in total. The second kappa shape index (κ2) is 16.7. The van der Waals surface area contributed by atoms with Crippen molar-refractivity contribution in [1.29, 1.82) is 0 Å². The number of anilines is 1. The topological polar surface area (TPSA) is 209 Å². The predicted molar refractivity (Wildman–Crippen MR) is 149 cm³/mol. The summed E-state index contributed by atoms with van der Waals surface area (Å²) in [5.74, 6) is -2.97. The second-order valence-corrected chi connectivity index (χ2v) is 10.2. The lowest BCUT2D eigenvalue weighted by Gasteiger charge is -2.49. The fourth-order valence-electron chi connectivity index (χ4n) is 3.58. The summed E-state index contributed by atoms with van der Waals surface area (Å²) in [7, 11) is 2.73. The van der Waals surface area contributed by atoms with Gasteiger partial charge in [-0.1, -0.05) is 12.1 Å². The van der Waals surface area contributed by atoms with Crippen LogP contribution in [0, 0.1) is 0 Å². The summed E-state index contributed by atoms with van der Waals surface area (Å²) in [5, 5.41) is 17.0.